The third-order valence-electron chi connectivity index (χ3n) is 1.48. The topological polar surface area (TPSA) is 144 Å². The van der Waals surface area contributed by atoms with Crippen LogP contribution in [0.15, 0.2) is 24.3 Å². The van der Waals surface area contributed by atoms with E-state index in [-0.39, 0.29) is 47.2 Å². The van der Waals surface area contributed by atoms with Crippen LogP contribution in [0.2, 0.25) is 0 Å². The van der Waals surface area contributed by atoms with Crippen LogP contribution in [0.3, 0.4) is 0 Å². The van der Waals surface area contributed by atoms with Gasteiger partial charge in [-0.05, 0) is 17.7 Å². The second-order valence-electron chi connectivity index (χ2n) is 2.55. The zero-order valence-electron chi connectivity index (χ0n) is 9.60. The number of benzene rings is 1. The van der Waals surface area contributed by atoms with E-state index in [1.807, 2.05) is 0 Å². The Hall–Kier alpha value is -1.26. The van der Waals surface area contributed by atoms with Crippen molar-refractivity contribution in [3.8, 4) is 0 Å². The quantitative estimate of drug-likeness (QED) is 0.335. The number of carbonyl (C=O) groups excluding carboxylic acids is 2. The summed E-state index contributed by atoms with van der Waals surface area (Å²) in [6.07, 6.45) is 0. The molecule has 0 amide bonds. The van der Waals surface area contributed by atoms with E-state index < -0.39 is 23.3 Å². The van der Waals surface area contributed by atoms with Crippen molar-refractivity contribution in [3.63, 3.8) is 0 Å². The number of carboxylic acids is 1. The van der Waals surface area contributed by atoms with Crippen molar-refractivity contribution < 1.29 is 67.1 Å². The Balaban J connectivity index is 0. The van der Waals surface area contributed by atoms with Gasteiger partial charge in [0.1, 0.15) is 11.4 Å². The maximum absolute atomic E-state index is 11.0. The molecule has 1 atom stereocenters. The summed E-state index contributed by atoms with van der Waals surface area (Å²) < 4.78 is 23.9. The van der Waals surface area contributed by atoms with Crippen LogP contribution in [-0.4, -0.2) is 32.3 Å². The fourth-order valence-corrected chi connectivity index (χ4v) is 1.10. The Morgan fingerprint density at radius 1 is 1.32 bits per heavy atom. The Bertz CT molecular complexity index is 475. The Labute approximate surface area is 132 Å². The summed E-state index contributed by atoms with van der Waals surface area (Å²) in [5.41, 5.74) is -0.415. The van der Waals surface area contributed by atoms with Gasteiger partial charge in [0.2, 0.25) is 0 Å². The summed E-state index contributed by atoms with van der Waals surface area (Å²) in [5, 5.41) is 17.3. The van der Waals surface area contributed by atoms with Crippen LogP contribution in [-0.2, 0) is 20.3 Å². The molecule has 0 spiro atoms. The number of carboxylic acid groups (broad SMARTS) is 2. The number of rotatable bonds is 3. The van der Waals surface area contributed by atoms with Crippen LogP contribution in [0.1, 0.15) is 20.7 Å². The SMILES string of the molecule is O=C([O-])c1cccc(C(=O)OS(=O)[O-])c1.O=CO.[Na+]. The zero-order valence-corrected chi connectivity index (χ0v) is 12.4. The molecule has 1 N–H and O–H groups in total. The normalized spacial score (nSPS) is 9.95. The molecule has 1 aromatic rings. The molecule has 0 aliphatic rings. The standard InChI is InChI=1S/C8H6O6S.CH2O2.Na/c9-7(10)5-2-1-3-6(4-5)8(11)14-15(12)13;2-1-3;/h1-4H,(H,9,10)(H,12,13);1H,(H,2,3);/q;;+1/p-2. The van der Waals surface area contributed by atoms with Gasteiger partial charge in [0.15, 0.2) is 0 Å². The van der Waals surface area contributed by atoms with Crippen molar-refractivity contribution in [1.82, 2.24) is 0 Å². The number of hydrogen-bond acceptors (Lipinski definition) is 7. The summed E-state index contributed by atoms with van der Waals surface area (Å²) in [7, 11) is 0. The van der Waals surface area contributed by atoms with Gasteiger partial charge < -0.3 is 23.7 Å². The van der Waals surface area contributed by atoms with Gasteiger partial charge in [-0.25, -0.2) is 9.00 Å². The second kappa shape index (κ2) is 10.6. The van der Waals surface area contributed by atoms with Gasteiger partial charge in [0, 0.05) is 0 Å². The van der Waals surface area contributed by atoms with Crippen molar-refractivity contribution in [2.75, 3.05) is 0 Å². The molecule has 0 bridgehead atoms. The molecule has 8 nitrogen and oxygen atoms in total. The van der Waals surface area contributed by atoms with Crippen molar-refractivity contribution in [2.24, 2.45) is 0 Å². The molecule has 0 aliphatic carbocycles. The van der Waals surface area contributed by atoms with Gasteiger partial charge in [-0.1, -0.05) is 12.1 Å². The molecule has 1 unspecified atom stereocenters. The van der Waals surface area contributed by atoms with E-state index in [1.165, 1.54) is 18.2 Å². The fourth-order valence-electron chi connectivity index (χ4n) is 0.883. The van der Waals surface area contributed by atoms with E-state index in [0.29, 0.717) is 0 Å². The molecule has 0 fully saturated rings. The summed E-state index contributed by atoms with van der Waals surface area (Å²) in [6, 6.07) is 4.67. The van der Waals surface area contributed by atoms with Gasteiger partial charge in [-0.3, -0.25) is 4.79 Å². The molecule has 0 aliphatic heterocycles. The molecule has 1 rings (SSSR count). The van der Waals surface area contributed by atoms with Crippen LogP contribution in [0.4, 0.5) is 0 Å². The fraction of sp³-hybridized carbons (Fsp3) is 0. The minimum atomic E-state index is -2.98. The van der Waals surface area contributed by atoms with Crippen LogP contribution in [0, 0.1) is 0 Å². The van der Waals surface area contributed by atoms with E-state index in [0.717, 1.165) is 6.07 Å². The van der Waals surface area contributed by atoms with Crippen LogP contribution in [0.5, 0.6) is 0 Å². The monoisotopic (exact) mass is 297 g/mol. The van der Waals surface area contributed by atoms with E-state index in [2.05, 4.69) is 4.18 Å². The van der Waals surface area contributed by atoms with Crippen molar-refractivity contribution in [1.29, 1.82) is 0 Å². The first-order valence-corrected chi connectivity index (χ1v) is 5.13. The minimum Gasteiger partial charge on any atom is -0.740 e. The predicted molar refractivity (Wildman–Crippen MR) is 53.8 cm³/mol. The van der Waals surface area contributed by atoms with Crippen molar-refractivity contribution in [2.45, 2.75) is 0 Å². The van der Waals surface area contributed by atoms with Crippen LogP contribution >= 0.6 is 0 Å². The number of hydrogen-bond donors (Lipinski definition) is 1. The van der Waals surface area contributed by atoms with Crippen molar-refractivity contribution >= 4 is 29.8 Å². The first kappa shape index (κ1) is 20.1. The third kappa shape index (κ3) is 8.46. The van der Waals surface area contributed by atoms with Gasteiger partial charge in [0.25, 0.3) is 6.47 Å². The van der Waals surface area contributed by atoms with Gasteiger partial charge >= 0.3 is 35.5 Å². The number of aromatic carboxylic acids is 1. The Morgan fingerprint density at radius 2 is 1.79 bits per heavy atom. The molecule has 10 heteroatoms. The molecular weight excluding hydrogens is 291 g/mol. The molecule has 0 saturated heterocycles. The van der Waals surface area contributed by atoms with E-state index in [9.17, 15) is 23.5 Å². The summed E-state index contributed by atoms with van der Waals surface area (Å²) in [6.45, 7) is -0.250. The average Bonchev–Trinajstić information content (AvgIpc) is 2.29. The molecule has 1 aromatic carbocycles. The van der Waals surface area contributed by atoms with Crippen LogP contribution in [0.25, 0.3) is 0 Å². The first-order valence-electron chi connectivity index (χ1n) is 4.13. The average molecular weight is 297 g/mol. The number of carbonyl (C=O) groups is 3. The molecule has 0 radical (unpaired) electrons. The predicted octanol–water partition coefficient (Wildman–Crippen LogP) is -4.29. The van der Waals surface area contributed by atoms with Crippen molar-refractivity contribution in [3.05, 3.63) is 35.4 Å². The molecule has 19 heavy (non-hydrogen) atoms. The Kier molecular flexibility index (Phi) is 11.2. The molecular formula is C9H6NaO8S-. The summed E-state index contributed by atoms with van der Waals surface area (Å²) >= 11 is -2.98. The molecule has 98 valence electrons. The molecule has 0 aromatic heterocycles. The largest absolute Gasteiger partial charge is 1.00 e. The Morgan fingerprint density at radius 3 is 2.21 bits per heavy atom. The minimum absolute atomic E-state index is 0. The van der Waals surface area contributed by atoms with Gasteiger partial charge in [-0.15, -0.1) is 0 Å². The van der Waals surface area contributed by atoms with E-state index >= 15 is 0 Å². The zero-order chi connectivity index (χ0) is 14.1. The van der Waals surface area contributed by atoms with E-state index in [4.69, 9.17) is 9.90 Å². The third-order valence-corrected chi connectivity index (χ3v) is 1.77. The smallest absolute Gasteiger partial charge is 0.740 e. The maximum atomic E-state index is 11.0. The first-order chi connectivity index (χ1) is 8.42. The molecule has 0 saturated carbocycles. The van der Waals surface area contributed by atoms with Gasteiger partial charge in [-0.2, -0.15) is 0 Å². The maximum Gasteiger partial charge on any atom is 1.00 e. The summed E-state index contributed by atoms with van der Waals surface area (Å²) in [4.78, 5) is 29.8. The van der Waals surface area contributed by atoms with Crippen LogP contribution < -0.4 is 34.7 Å². The summed E-state index contributed by atoms with van der Waals surface area (Å²) in [5.74, 6) is -2.61. The molecule has 0 heterocycles. The van der Waals surface area contributed by atoms with E-state index in [1.54, 1.807) is 0 Å². The van der Waals surface area contributed by atoms with Gasteiger partial charge in [0.05, 0.1) is 11.5 Å². The second-order valence-corrected chi connectivity index (χ2v) is 3.12.